The minimum absolute atomic E-state index is 0.0501. The summed E-state index contributed by atoms with van der Waals surface area (Å²) < 4.78 is 0. The number of nitrogens with two attached hydrogens (primary N) is 1. The van der Waals surface area contributed by atoms with E-state index in [2.05, 4.69) is 15.5 Å². The van der Waals surface area contributed by atoms with Crippen LogP contribution in [0.5, 0.6) is 0 Å². The lowest BCUT2D eigenvalue weighted by molar-refractivity contribution is -0.139. The zero-order chi connectivity index (χ0) is 26.0. The van der Waals surface area contributed by atoms with Crippen molar-refractivity contribution in [2.45, 2.75) is 50.6 Å². The average molecular weight is 508 g/mol. The molecule has 0 spiro atoms. The van der Waals surface area contributed by atoms with Crippen molar-refractivity contribution in [3.63, 3.8) is 0 Å². The van der Waals surface area contributed by atoms with Crippen LogP contribution in [-0.4, -0.2) is 64.0 Å². The normalized spacial score (nSPS) is 14.5. The van der Waals surface area contributed by atoms with E-state index in [0.717, 1.165) is 16.8 Å². The van der Waals surface area contributed by atoms with Crippen molar-refractivity contribution in [3.05, 3.63) is 40.8 Å². The second-order valence-electron chi connectivity index (χ2n) is 7.92. The van der Waals surface area contributed by atoms with Crippen molar-refractivity contribution >= 4 is 47.3 Å². The lowest BCUT2D eigenvalue weighted by atomic mass is 10.0. The van der Waals surface area contributed by atoms with Gasteiger partial charge in [-0.2, -0.15) is 4.83 Å². The summed E-state index contributed by atoms with van der Waals surface area (Å²) >= 11 is 1.47. The molecule has 0 saturated heterocycles. The van der Waals surface area contributed by atoms with E-state index in [4.69, 9.17) is 15.9 Å². The van der Waals surface area contributed by atoms with Gasteiger partial charge >= 0.3 is 11.9 Å². The Balaban J connectivity index is 1.95. The third-order valence-corrected chi connectivity index (χ3v) is 5.94. The van der Waals surface area contributed by atoms with Gasteiger partial charge in [0.15, 0.2) is 0 Å². The molecule has 12 nitrogen and oxygen atoms in total. The van der Waals surface area contributed by atoms with Crippen LogP contribution >= 0.6 is 11.9 Å². The maximum Gasteiger partial charge on any atom is 0.303 e. The lowest BCUT2D eigenvalue weighted by Gasteiger charge is -2.21. The van der Waals surface area contributed by atoms with Crippen LogP contribution < -0.4 is 21.2 Å². The van der Waals surface area contributed by atoms with E-state index in [9.17, 15) is 24.0 Å². The molecule has 7 N–H and O–H groups in total. The van der Waals surface area contributed by atoms with Gasteiger partial charge in [0.1, 0.15) is 12.1 Å². The number of rotatable bonds is 14. The number of nitrogens with zero attached hydrogens (tertiary/aromatic N) is 1. The Labute approximate surface area is 206 Å². The Morgan fingerprint density at radius 3 is 2.09 bits per heavy atom. The Bertz CT molecular complexity index is 983. The standard InChI is InChI=1S/C22H29N5O7S/c1-27-17(12-35-26-27)14-5-2-13(3-6-14)4-9-18(28)24-16(8-11-20(31)32)22(34)25-15(21(23)33)7-10-19(29)30/h2-3,5-6,12,15-16,26H,4,7-11H2,1H3,(H2,23,33)(H,24,28)(H,25,34)(H,29,30)(H,31,32)/t15?,16-/m0/s1. The van der Waals surface area contributed by atoms with E-state index in [1.165, 1.54) is 11.9 Å². The van der Waals surface area contributed by atoms with Crippen molar-refractivity contribution in [2.75, 3.05) is 7.05 Å². The van der Waals surface area contributed by atoms with E-state index in [0.29, 0.717) is 6.42 Å². The number of hydrogen-bond acceptors (Lipinski definition) is 8. The van der Waals surface area contributed by atoms with Crippen LogP contribution in [0, 0.1) is 0 Å². The fourth-order valence-corrected chi connectivity index (χ4v) is 3.99. The number of aryl methyl sites for hydroxylation is 1. The predicted octanol–water partition coefficient (Wildman–Crippen LogP) is 0.200. The molecule has 1 heterocycles. The van der Waals surface area contributed by atoms with Gasteiger partial charge in [0.05, 0.1) is 5.70 Å². The van der Waals surface area contributed by atoms with Crippen molar-refractivity contribution in [1.29, 1.82) is 0 Å². The molecular weight excluding hydrogens is 478 g/mol. The number of carbonyl (C=O) groups is 5. The molecule has 3 amide bonds. The Morgan fingerprint density at radius 1 is 0.971 bits per heavy atom. The van der Waals surface area contributed by atoms with Gasteiger partial charge < -0.3 is 31.6 Å². The third-order valence-electron chi connectivity index (χ3n) is 5.22. The molecule has 0 radical (unpaired) electrons. The van der Waals surface area contributed by atoms with Gasteiger partial charge in [-0.1, -0.05) is 24.3 Å². The number of carbonyl (C=O) groups excluding carboxylic acids is 3. The first-order chi connectivity index (χ1) is 16.6. The van der Waals surface area contributed by atoms with E-state index in [-0.39, 0.29) is 19.3 Å². The number of amides is 3. The topological polar surface area (TPSA) is 191 Å². The van der Waals surface area contributed by atoms with Crippen LogP contribution in [0.25, 0.3) is 5.70 Å². The largest absolute Gasteiger partial charge is 0.481 e. The van der Waals surface area contributed by atoms with Crippen LogP contribution in [0.3, 0.4) is 0 Å². The molecule has 2 atom stereocenters. The average Bonchev–Trinajstić information content (AvgIpc) is 3.23. The van der Waals surface area contributed by atoms with Gasteiger partial charge in [-0.05, 0) is 42.3 Å². The van der Waals surface area contributed by atoms with Crippen molar-refractivity contribution in [2.24, 2.45) is 5.73 Å². The minimum Gasteiger partial charge on any atom is -0.481 e. The Hall–Kier alpha value is -3.58. The molecule has 0 aliphatic carbocycles. The number of hydrogen-bond donors (Lipinski definition) is 6. The lowest BCUT2D eigenvalue weighted by Crippen LogP contribution is -2.53. The highest BCUT2D eigenvalue weighted by Crippen LogP contribution is 2.25. The molecule has 1 aliphatic heterocycles. The highest BCUT2D eigenvalue weighted by molar-refractivity contribution is 8.00. The van der Waals surface area contributed by atoms with Crippen LogP contribution in [0.1, 0.15) is 43.2 Å². The molecule has 35 heavy (non-hydrogen) atoms. The fourth-order valence-electron chi connectivity index (χ4n) is 3.28. The maximum atomic E-state index is 12.6. The second kappa shape index (κ2) is 13.3. The maximum absolute atomic E-state index is 12.6. The van der Waals surface area contributed by atoms with Gasteiger partial charge in [-0.25, -0.2) is 0 Å². The van der Waals surface area contributed by atoms with Crippen LogP contribution in [0.2, 0.25) is 0 Å². The molecule has 0 saturated carbocycles. The monoisotopic (exact) mass is 507 g/mol. The summed E-state index contributed by atoms with van der Waals surface area (Å²) in [5.41, 5.74) is 8.16. The van der Waals surface area contributed by atoms with Gasteiger partial charge in [0.2, 0.25) is 17.7 Å². The van der Waals surface area contributed by atoms with E-state index in [1.54, 1.807) is 0 Å². The van der Waals surface area contributed by atoms with E-state index in [1.807, 2.05) is 41.7 Å². The Kier molecular flexibility index (Phi) is 10.5. The van der Waals surface area contributed by atoms with Crippen LogP contribution in [0.15, 0.2) is 29.7 Å². The highest BCUT2D eigenvalue weighted by Gasteiger charge is 2.26. The molecule has 0 fully saturated rings. The van der Waals surface area contributed by atoms with Gasteiger partial charge in [0, 0.05) is 31.7 Å². The number of hydrazine groups is 1. The summed E-state index contributed by atoms with van der Waals surface area (Å²) in [7, 11) is 1.90. The number of aliphatic carboxylic acids is 2. The summed E-state index contributed by atoms with van der Waals surface area (Å²) in [6.45, 7) is 0. The third kappa shape index (κ3) is 9.29. The SMILES string of the molecule is CN1NSC=C1c1ccc(CCC(=O)N[C@@H](CCC(=O)O)C(=O)NC(CCC(=O)O)C(N)=O)cc1. The summed E-state index contributed by atoms with van der Waals surface area (Å²) in [5, 5.41) is 26.4. The van der Waals surface area contributed by atoms with E-state index < -0.39 is 54.6 Å². The number of benzene rings is 1. The first-order valence-electron chi connectivity index (χ1n) is 10.8. The molecule has 1 aromatic carbocycles. The minimum atomic E-state index is -1.26. The molecule has 0 aromatic heterocycles. The molecule has 2 rings (SSSR count). The summed E-state index contributed by atoms with van der Waals surface area (Å²) in [5.74, 6) is -4.54. The highest BCUT2D eigenvalue weighted by atomic mass is 32.2. The second-order valence-corrected chi connectivity index (χ2v) is 8.57. The fraction of sp³-hybridized carbons (Fsp3) is 0.409. The number of primary amides is 1. The summed E-state index contributed by atoms with van der Waals surface area (Å²) in [6.07, 6.45) is -0.790. The predicted molar refractivity (Wildman–Crippen MR) is 128 cm³/mol. The zero-order valence-electron chi connectivity index (χ0n) is 19.2. The van der Waals surface area contributed by atoms with Crippen molar-refractivity contribution in [1.82, 2.24) is 20.5 Å². The molecule has 0 bridgehead atoms. The molecule has 1 unspecified atom stereocenters. The quantitative estimate of drug-likeness (QED) is 0.190. The smallest absolute Gasteiger partial charge is 0.303 e. The number of carboxylic acids is 2. The van der Waals surface area contributed by atoms with Crippen molar-refractivity contribution in [3.8, 4) is 0 Å². The molecule has 190 valence electrons. The summed E-state index contributed by atoms with van der Waals surface area (Å²) in [6, 6.07) is 5.19. The Morgan fingerprint density at radius 2 is 1.57 bits per heavy atom. The van der Waals surface area contributed by atoms with E-state index >= 15 is 0 Å². The van der Waals surface area contributed by atoms with Crippen LogP contribution in [-0.2, 0) is 30.4 Å². The molecule has 1 aliphatic rings. The first-order valence-corrected chi connectivity index (χ1v) is 11.7. The molecular formula is C22H29N5O7S. The first kappa shape index (κ1) is 27.7. The van der Waals surface area contributed by atoms with Gasteiger partial charge in [-0.15, -0.1) is 0 Å². The van der Waals surface area contributed by atoms with Crippen LogP contribution in [0.4, 0.5) is 0 Å². The number of nitrogens with one attached hydrogen (secondary N) is 3. The summed E-state index contributed by atoms with van der Waals surface area (Å²) in [4.78, 5) is 61.5. The van der Waals surface area contributed by atoms with Gasteiger partial charge in [-0.3, -0.25) is 24.0 Å². The van der Waals surface area contributed by atoms with Crippen molar-refractivity contribution < 1.29 is 34.2 Å². The number of carboxylic acid groups (broad SMARTS) is 2. The zero-order valence-corrected chi connectivity index (χ0v) is 20.0. The molecule has 1 aromatic rings. The molecule has 13 heteroatoms. The van der Waals surface area contributed by atoms with Gasteiger partial charge in [0.25, 0.3) is 0 Å².